The van der Waals surface area contributed by atoms with Crippen LogP contribution >= 0.6 is 0 Å². The number of carbonyl (C=O) groups is 2. The zero-order chi connectivity index (χ0) is 19.5. The highest BCUT2D eigenvalue weighted by Crippen LogP contribution is 2.05. The monoisotopic (exact) mass is 374 g/mol. The van der Waals surface area contributed by atoms with Crippen LogP contribution in [0.4, 0.5) is 9.18 Å². The van der Waals surface area contributed by atoms with Crippen LogP contribution in [-0.2, 0) is 22.6 Å². The maximum Gasteiger partial charge on any atom is 0.408 e. The standard InChI is InChI=1S/C20H23FN2O4/c21-12-17(24)13-22-19(25)18(11-15-7-3-1-4-8-15)23-20(26)27-14-16-9-5-2-6-10-16/h1-10,17-18,24H,11-14H2,(H,22,25)(H,23,26)/t17?,18-/m0/s1. The number of alkyl carbamates (subject to hydrolysis) is 1. The van der Waals surface area contributed by atoms with Gasteiger partial charge in [-0.25, -0.2) is 9.18 Å². The number of alkyl halides is 1. The van der Waals surface area contributed by atoms with E-state index in [0.29, 0.717) is 0 Å². The predicted molar refractivity (Wildman–Crippen MR) is 98.7 cm³/mol. The first-order chi connectivity index (χ1) is 13.1. The molecule has 27 heavy (non-hydrogen) atoms. The molecule has 0 radical (unpaired) electrons. The van der Waals surface area contributed by atoms with Crippen molar-refractivity contribution in [2.75, 3.05) is 13.2 Å². The summed E-state index contributed by atoms with van der Waals surface area (Å²) in [7, 11) is 0. The van der Waals surface area contributed by atoms with Crippen LogP contribution in [-0.4, -0.2) is 42.5 Å². The molecule has 1 unspecified atom stereocenters. The van der Waals surface area contributed by atoms with E-state index in [0.717, 1.165) is 11.1 Å². The van der Waals surface area contributed by atoms with Gasteiger partial charge >= 0.3 is 6.09 Å². The fourth-order valence-corrected chi connectivity index (χ4v) is 2.36. The average molecular weight is 374 g/mol. The number of nitrogens with one attached hydrogen (secondary N) is 2. The first kappa shape index (κ1) is 20.4. The third kappa shape index (κ3) is 7.45. The Morgan fingerprint density at radius 1 is 1.00 bits per heavy atom. The molecule has 0 aliphatic carbocycles. The molecule has 0 heterocycles. The van der Waals surface area contributed by atoms with Crippen molar-refractivity contribution in [3.8, 4) is 0 Å². The van der Waals surface area contributed by atoms with Crippen LogP contribution in [0.5, 0.6) is 0 Å². The van der Waals surface area contributed by atoms with Crippen LogP contribution in [0.1, 0.15) is 11.1 Å². The topological polar surface area (TPSA) is 87.7 Å². The van der Waals surface area contributed by atoms with Gasteiger partial charge in [-0.3, -0.25) is 4.79 Å². The van der Waals surface area contributed by atoms with E-state index in [1.165, 1.54) is 0 Å². The zero-order valence-electron chi connectivity index (χ0n) is 14.8. The molecule has 0 saturated heterocycles. The maximum absolute atomic E-state index is 12.4. The lowest BCUT2D eigenvalue weighted by atomic mass is 10.1. The molecule has 6 nitrogen and oxygen atoms in total. The SMILES string of the molecule is O=C(N[C@@H](Cc1ccccc1)C(=O)NCC(O)CF)OCc1ccccc1. The second-order valence-electron chi connectivity index (χ2n) is 6.00. The number of ether oxygens (including phenoxy) is 1. The minimum absolute atomic E-state index is 0.0763. The van der Waals surface area contributed by atoms with E-state index in [2.05, 4.69) is 10.6 Å². The number of aliphatic hydroxyl groups is 1. The average Bonchev–Trinajstić information content (AvgIpc) is 2.71. The van der Waals surface area contributed by atoms with Gasteiger partial charge < -0.3 is 20.5 Å². The van der Waals surface area contributed by atoms with Crippen LogP contribution in [0, 0.1) is 0 Å². The molecule has 144 valence electrons. The summed E-state index contributed by atoms with van der Waals surface area (Å²) >= 11 is 0. The third-order valence-electron chi connectivity index (χ3n) is 3.79. The van der Waals surface area contributed by atoms with Crippen molar-refractivity contribution < 1.29 is 23.8 Å². The molecule has 7 heteroatoms. The van der Waals surface area contributed by atoms with Gasteiger partial charge in [-0.1, -0.05) is 60.7 Å². The van der Waals surface area contributed by atoms with Crippen molar-refractivity contribution in [3.63, 3.8) is 0 Å². The van der Waals surface area contributed by atoms with E-state index < -0.39 is 30.8 Å². The van der Waals surface area contributed by atoms with Gasteiger partial charge in [0.2, 0.25) is 5.91 Å². The van der Waals surface area contributed by atoms with Gasteiger partial charge in [-0.2, -0.15) is 0 Å². The summed E-state index contributed by atoms with van der Waals surface area (Å²) in [4.78, 5) is 24.5. The molecular formula is C20H23FN2O4. The summed E-state index contributed by atoms with van der Waals surface area (Å²) in [5, 5.41) is 14.2. The van der Waals surface area contributed by atoms with Crippen molar-refractivity contribution >= 4 is 12.0 Å². The Morgan fingerprint density at radius 3 is 2.19 bits per heavy atom. The molecule has 0 aliphatic heterocycles. The van der Waals surface area contributed by atoms with Crippen LogP contribution in [0.3, 0.4) is 0 Å². The number of carbonyl (C=O) groups excluding carboxylic acids is 2. The van der Waals surface area contributed by atoms with E-state index in [9.17, 15) is 19.1 Å². The van der Waals surface area contributed by atoms with Gasteiger partial charge in [-0.15, -0.1) is 0 Å². The Morgan fingerprint density at radius 2 is 1.59 bits per heavy atom. The van der Waals surface area contributed by atoms with Gasteiger partial charge in [-0.05, 0) is 11.1 Å². The molecule has 0 fully saturated rings. The highest BCUT2D eigenvalue weighted by Gasteiger charge is 2.22. The predicted octanol–water partition coefficient (Wildman–Crippen LogP) is 1.97. The summed E-state index contributed by atoms with van der Waals surface area (Å²) in [5.41, 5.74) is 1.66. The number of hydrogen-bond donors (Lipinski definition) is 3. The smallest absolute Gasteiger partial charge is 0.408 e. The molecule has 0 aliphatic rings. The lowest BCUT2D eigenvalue weighted by Crippen LogP contribution is -2.49. The summed E-state index contributed by atoms with van der Waals surface area (Å²) in [6.45, 7) is -1.12. The number of rotatable bonds is 9. The third-order valence-corrected chi connectivity index (χ3v) is 3.79. The Hall–Kier alpha value is -2.93. The molecule has 2 atom stereocenters. The van der Waals surface area contributed by atoms with Crippen molar-refractivity contribution in [1.82, 2.24) is 10.6 Å². The first-order valence-corrected chi connectivity index (χ1v) is 8.61. The number of aliphatic hydroxyl groups excluding tert-OH is 1. The van der Waals surface area contributed by atoms with Gasteiger partial charge in [0.25, 0.3) is 0 Å². The molecule has 0 bridgehead atoms. The number of hydrogen-bond acceptors (Lipinski definition) is 4. The molecule has 2 aromatic rings. The van der Waals surface area contributed by atoms with Crippen molar-refractivity contribution in [1.29, 1.82) is 0 Å². The van der Waals surface area contributed by atoms with Crippen LogP contribution in [0.2, 0.25) is 0 Å². The highest BCUT2D eigenvalue weighted by molar-refractivity contribution is 5.85. The van der Waals surface area contributed by atoms with E-state index in [1.54, 1.807) is 0 Å². The fourth-order valence-electron chi connectivity index (χ4n) is 2.36. The van der Waals surface area contributed by atoms with Crippen LogP contribution in [0.15, 0.2) is 60.7 Å². The minimum Gasteiger partial charge on any atom is -0.445 e. The quantitative estimate of drug-likeness (QED) is 0.626. The summed E-state index contributed by atoms with van der Waals surface area (Å²) in [5.74, 6) is -0.525. The first-order valence-electron chi connectivity index (χ1n) is 8.61. The van der Waals surface area contributed by atoms with E-state index in [-0.39, 0.29) is 19.6 Å². The summed E-state index contributed by atoms with van der Waals surface area (Å²) < 4.78 is 17.5. The Labute approximate surface area is 157 Å². The molecule has 2 aromatic carbocycles. The summed E-state index contributed by atoms with van der Waals surface area (Å²) in [6.07, 6.45) is -1.78. The lowest BCUT2D eigenvalue weighted by molar-refractivity contribution is -0.123. The van der Waals surface area contributed by atoms with Crippen LogP contribution < -0.4 is 10.6 Å². The number of halogens is 1. The fraction of sp³-hybridized carbons (Fsp3) is 0.300. The van der Waals surface area contributed by atoms with Crippen LogP contribution in [0.25, 0.3) is 0 Å². The Balaban J connectivity index is 1.95. The highest BCUT2D eigenvalue weighted by atomic mass is 19.1. The van der Waals surface area contributed by atoms with Gasteiger partial charge in [0.1, 0.15) is 19.3 Å². The molecule has 2 amide bonds. The molecular weight excluding hydrogens is 351 g/mol. The van der Waals surface area contributed by atoms with Crippen molar-refractivity contribution in [3.05, 3.63) is 71.8 Å². The Kier molecular flexibility index (Phi) is 8.25. The van der Waals surface area contributed by atoms with Crippen molar-refractivity contribution in [2.45, 2.75) is 25.2 Å². The number of amides is 2. The summed E-state index contributed by atoms with van der Waals surface area (Å²) in [6, 6.07) is 17.4. The Bertz CT molecular complexity index is 712. The molecule has 2 rings (SSSR count). The van der Waals surface area contributed by atoms with E-state index in [4.69, 9.17) is 4.74 Å². The largest absolute Gasteiger partial charge is 0.445 e. The second-order valence-corrected chi connectivity index (χ2v) is 6.00. The molecule has 0 saturated carbocycles. The molecule has 0 aromatic heterocycles. The maximum atomic E-state index is 12.4. The molecule has 0 spiro atoms. The minimum atomic E-state index is -1.28. The van der Waals surface area contributed by atoms with E-state index in [1.807, 2.05) is 60.7 Å². The lowest BCUT2D eigenvalue weighted by Gasteiger charge is -2.19. The van der Waals surface area contributed by atoms with Gasteiger partial charge in [0, 0.05) is 13.0 Å². The number of benzene rings is 2. The normalized spacial score (nSPS) is 12.7. The van der Waals surface area contributed by atoms with Gasteiger partial charge in [0.15, 0.2) is 0 Å². The van der Waals surface area contributed by atoms with Gasteiger partial charge in [0.05, 0.1) is 6.10 Å². The zero-order valence-corrected chi connectivity index (χ0v) is 14.8. The molecule has 3 N–H and O–H groups in total. The van der Waals surface area contributed by atoms with Crippen molar-refractivity contribution in [2.24, 2.45) is 0 Å². The van der Waals surface area contributed by atoms with E-state index >= 15 is 0 Å². The second kappa shape index (κ2) is 10.9.